The van der Waals surface area contributed by atoms with Gasteiger partial charge in [-0.15, -0.1) is 0 Å². The molecular weight excluding hydrogens is 168 g/mol. The highest BCUT2D eigenvalue weighted by Crippen LogP contribution is 2.17. The third kappa shape index (κ3) is 5.42. The van der Waals surface area contributed by atoms with Crippen LogP contribution in [0.2, 0.25) is 0 Å². The van der Waals surface area contributed by atoms with Crippen molar-refractivity contribution in [2.75, 3.05) is 0 Å². The summed E-state index contributed by atoms with van der Waals surface area (Å²) in [6, 6.07) is 0. The Kier molecular flexibility index (Phi) is 4.70. The van der Waals surface area contributed by atoms with Crippen molar-refractivity contribution in [3.63, 3.8) is 0 Å². The van der Waals surface area contributed by atoms with Gasteiger partial charge in [-0.3, -0.25) is 4.89 Å². The zero-order valence-electron chi connectivity index (χ0n) is 8.85. The summed E-state index contributed by atoms with van der Waals surface area (Å²) in [6.07, 6.45) is 1.83. The van der Waals surface area contributed by atoms with Gasteiger partial charge in [-0.25, -0.2) is 4.79 Å². The van der Waals surface area contributed by atoms with E-state index in [2.05, 4.69) is 11.5 Å². The summed E-state index contributed by atoms with van der Waals surface area (Å²) in [6.45, 7) is 10.8. The van der Waals surface area contributed by atoms with Gasteiger partial charge in [0.2, 0.25) is 0 Å². The van der Waals surface area contributed by atoms with Gasteiger partial charge in [-0.1, -0.05) is 19.9 Å². The van der Waals surface area contributed by atoms with Gasteiger partial charge in [-0.2, -0.15) is 4.89 Å². The van der Waals surface area contributed by atoms with Crippen LogP contribution in [-0.4, -0.2) is 11.6 Å². The minimum Gasteiger partial charge on any atom is -0.293 e. The van der Waals surface area contributed by atoms with Gasteiger partial charge in [0, 0.05) is 5.57 Å². The Bertz CT molecular complexity index is 194. The number of hydrogen-bond donors (Lipinski definition) is 0. The van der Waals surface area contributed by atoms with Crippen LogP contribution in [0.15, 0.2) is 12.2 Å². The van der Waals surface area contributed by atoms with Crippen molar-refractivity contribution >= 4 is 5.97 Å². The van der Waals surface area contributed by atoms with Crippen LogP contribution in [-0.2, 0) is 14.6 Å². The fourth-order valence-electron chi connectivity index (χ4n) is 0.865. The van der Waals surface area contributed by atoms with E-state index in [1.54, 1.807) is 6.92 Å². The lowest BCUT2D eigenvalue weighted by molar-refractivity contribution is -0.323. The first kappa shape index (κ1) is 12.2. The molecule has 0 aliphatic heterocycles. The van der Waals surface area contributed by atoms with E-state index >= 15 is 0 Å². The molecule has 0 aromatic rings. The Hall–Kier alpha value is -0.830. The fourth-order valence-corrected chi connectivity index (χ4v) is 0.865. The van der Waals surface area contributed by atoms with Crippen molar-refractivity contribution < 1.29 is 14.6 Å². The number of carbonyl (C=O) groups is 1. The van der Waals surface area contributed by atoms with Gasteiger partial charge in [0.25, 0.3) is 0 Å². The summed E-state index contributed by atoms with van der Waals surface area (Å²) in [4.78, 5) is 20.5. The van der Waals surface area contributed by atoms with Gasteiger partial charge < -0.3 is 0 Å². The topological polar surface area (TPSA) is 35.5 Å². The van der Waals surface area contributed by atoms with E-state index in [9.17, 15) is 4.79 Å². The molecule has 0 saturated carbocycles. The highest BCUT2D eigenvalue weighted by atomic mass is 17.2. The molecule has 0 bridgehead atoms. The highest BCUT2D eigenvalue weighted by Gasteiger charge is 2.20. The minimum absolute atomic E-state index is 0.340. The van der Waals surface area contributed by atoms with E-state index < -0.39 is 11.6 Å². The van der Waals surface area contributed by atoms with E-state index in [1.165, 1.54) is 0 Å². The molecule has 0 amide bonds. The van der Waals surface area contributed by atoms with Gasteiger partial charge in [0.1, 0.15) is 5.60 Å². The first-order chi connectivity index (χ1) is 5.89. The Morgan fingerprint density at radius 3 is 2.38 bits per heavy atom. The Balaban J connectivity index is 3.87. The molecule has 76 valence electrons. The zero-order chi connectivity index (χ0) is 10.5. The Morgan fingerprint density at radius 2 is 2.00 bits per heavy atom. The molecule has 0 aromatic heterocycles. The predicted molar refractivity (Wildman–Crippen MR) is 51.0 cm³/mol. The van der Waals surface area contributed by atoms with Gasteiger partial charge in [0.05, 0.1) is 0 Å². The number of hydrogen-bond acceptors (Lipinski definition) is 3. The summed E-state index contributed by atoms with van der Waals surface area (Å²) in [5.74, 6) is -0.510. The second-order valence-corrected chi connectivity index (χ2v) is 3.74. The molecule has 0 aliphatic rings. The molecule has 13 heavy (non-hydrogen) atoms. The third-order valence-electron chi connectivity index (χ3n) is 1.54. The molecule has 0 N–H and O–H groups in total. The van der Waals surface area contributed by atoms with Crippen molar-refractivity contribution in [3.8, 4) is 0 Å². The van der Waals surface area contributed by atoms with E-state index in [1.807, 2.05) is 20.8 Å². The molecule has 0 saturated heterocycles. The van der Waals surface area contributed by atoms with E-state index in [0.29, 0.717) is 5.57 Å². The van der Waals surface area contributed by atoms with Crippen molar-refractivity contribution in [3.05, 3.63) is 12.2 Å². The Labute approximate surface area is 79.7 Å². The molecule has 3 nitrogen and oxygen atoms in total. The largest absolute Gasteiger partial charge is 0.368 e. The molecular formula is C10H18O3. The van der Waals surface area contributed by atoms with Gasteiger partial charge >= 0.3 is 5.97 Å². The smallest absolute Gasteiger partial charge is 0.293 e. The summed E-state index contributed by atoms with van der Waals surface area (Å²) in [5, 5.41) is 0. The molecule has 0 heterocycles. The summed E-state index contributed by atoms with van der Waals surface area (Å²) >= 11 is 0. The molecule has 0 spiro atoms. The maximum absolute atomic E-state index is 10.9. The van der Waals surface area contributed by atoms with Crippen molar-refractivity contribution in [2.24, 2.45) is 0 Å². The molecule has 0 aliphatic carbocycles. The SMILES string of the molecule is C=C(C)C(=O)OOC(C)(C)CCC. The molecule has 0 radical (unpaired) electrons. The van der Waals surface area contributed by atoms with Crippen LogP contribution in [0.25, 0.3) is 0 Å². The standard InChI is InChI=1S/C10H18O3/c1-6-7-10(4,5)13-12-9(11)8(2)3/h2,6-7H2,1,3-5H3. The summed E-state index contributed by atoms with van der Waals surface area (Å²) < 4.78 is 0. The predicted octanol–water partition coefficient (Wildman–Crippen LogP) is 2.62. The number of rotatable bonds is 5. The first-order valence-corrected chi connectivity index (χ1v) is 4.44. The molecule has 0 atom stereocenters. The van der Waals surface area contributed by atoms with Crippen molar-refractivity contribution in [2.45, 2.75) is 46.1 Å². The number of carbonyl (C=O) groups excluding carboxylic acids is 1. The quantitative estimate of drug-likeness (QED) is 0.376. The highest BCUT2D eigenvalue weighted by molar-refractivity contribution is 5.86. The van der Waals surface area contributed by atoms with Gasteiger partial charge in [0.15, 0.2) is 0 Å². The minimum atomic E-state index is -0.510. The average molecular weight is 186 g/mol. The maximum Gasteiger partial charge on any atom is 0.368 e. The Morgan fingerprint density at radius 1 is 1.46 bits per heavy atom. The molecule has 0 unspecified atom stereocenters. The van der Waals surface area contributed by atoms with E-state index in [4.69, 9.17) is 4.89 Å². The lowest BCUT2D eigenvalue weighted by atomic mass is 10.0. The molecule has 3 heteroatoms. The average Bonchev–Trinajstić information content (AvgIpc) is 2.00. The van der Waals surface area contributed by atoms with Crippen LogP contribution in [0.5, 0.6) is 0 Å². The summed E-state index contributed by atoms with van der Waals surface area (Å²) in [7, 11) is 0. The molecule has 0 aromatic carbocycles. The third-order valence-corrected chi connectivity index (χ3v) is 1.54. The van der Waals surface area contributed by atoms with Crippen LogP contribution in [0.1, 0.15) is 40.5 Å². The van der Waals surface area contributed by atoms with Crippen LogP contribution in [0, 0.1) is 0 Å². The fraction of sp³-hybridized carbons (Fsp3) is 0.700. The normalized spacial score (nSPS) is 11.1. The second kappa shape index (κ2) is 5.02. The van der Waals surface area contributed by atoms with E-state index in [0.717, 1.165) is 12.8 Å². The van der Waals surface area contributed by atoms with Gasteiger partial charge in [-0.05, 0) is 27.2 Å². The van der Waals surface area contributed by atoms with E-state index in [-0.39, 0.29) is 0 Å². The first-order valence-electron chi connectivity index (χ1n) is 4.44. The van der Waals surface area contributed by atoms with Crippen LogP contribution in [0.4, 0.5) is 0 Å². The molecule has 0 rings (SSSR count). The monoisotopic (exact) mass is 186 g/mol. The van der Waals surface area contributed by atoms with Crippen molar-refractivity contribution in [1.82, 2.24) is 0 Å². The van der Waals surface area contributed by atoms with Crippen LogP contribution in [0.3, 0.4) is 0 Å². The van der Waals surface area contributed by atoms with Crippen LogP contribution >= 0.6 is 0 Å². The summed E-state index contributed by atoms with van der Waals surface area (Å²) in [5.41, 5.74) is -0.0767. The zero-order valence-corrected chi connectivity index (χ0v) is 8.85. The second-order valence-electron chi connectivity index (χ2n) is 3.74. The van der Waals surface area contributed by atoms with Crippen LogP contribution < -0.4 is 0 Å². The lowest BCUT2D eigenvalue weighted by Gasteiger charge is -2.21. The molecule has 0 fully saturated rings. The van der Waals surface area contributed by atoms with Crippen molar-refractivity contribution in [1.29, 1.82) is 0 Å². The maximum atomic E-state index is 10.9. The lowest BCUT2D eigenvalue weighted by Crippen LogP contribution is -2.26.